The Labute approximate surface area is 206 Å². The monoisotopic (exact) mass is 478 g/mol. The van der Waals surface area contributed by atoms with Crippen molar-refractivity contribution < 1.29 is 19.1 Å². The number of likely N-dealkylation sites (tertiary alicyclic amines) is 1. The first-order chi connectivity index (χ1) is 16.8. The third-order valence-corrected chi connectivity index (χ3v) is 6.76. The summed E-state index contributed by atoms with van der Waals surface area (Å²) in [5.41, 5.74) is 1.29. The van der Waals surface area contributed by atoms with E-state index in [2.05, 4.69) is 5.32 Å². The fraction of sp³-hybridized carbons (Fsp3) is 0.444. The number of amides is 3. The van der Waals surface area contributed by atoms with Gasteiger partial charge in [-0.15, -0.1) is 0 Å². The smallest absolute Gasteiger partial charge is 0.256 e. The number of ether oxygens (including phenoxy) is 1. The van der Waals surface area contributed by atoms with Crippen molar-refractivity contribution in [2.45, 2.75) is 31.5 Å². The number of hydrogen-bond donors (Lipinski definition) is 1. The minimum absolute atomic E-state index is 0.0274. The van der Waals surface area contributed by atoms with Crippen molar-refractivity contribution in [3.05, 3.63) is 71.3 Å². The van der Waals surface area contributed by atoms with Gasteiger partial charge < -0.3 is 19.9 Å². The summed E-state index contributed by atoms with van der Waals surface area (Å²) >= 11 is 0. The second kappa shape index (κ2) is 10.6. The van der Waals surface area contributed by atoms with Crippen LogP contribution in [0.4, 0.5) is 0 Å². The Morgan fingerprint density at radius 1 is 1.00 bits per heavy atom. The van der Waals surface area contributed by atoms with E-state index in [0.717, 1.165) is 5.56 Å². The van der Waals surface area contributed by atoms with Crippen molar-refractivity contribution >= 4 is 17.7 Å². The van der Waals surface area contributed by atoms with E-state index in [1.807, 2.05) is 68.4 Å². The molecule has 0 aromatic heterocycles. The summed E-state index contributed by atoms with van der Waals surface area (Å²) in [7, 11) is 3.88. The van der Waals surface area contributed by atoms with E-state index in [1.165, 1.54) is 0 Å². The van der Waals surface area contributed by atoms with Gasteiger partial charge >= 0.3 is 0 Å². The van der Waals surface area contributed by atoms with Crippen molar-refractivity contribution in [3.63, 3.8) is 0 Å². The fourth-order valence-corrected chi connectivity index (χ4v) is 4.83. The fourth-order valence-electron chi connectivity index (χ4n) is 4.83. The number of carbonyl (C=O) groups excluding carboxylic acids is 3. The Morgan fingerprint density at radius 2 is 1.69 bits per heavy atom. The molecule has 0 aliphatic carbocycles. The van der Waals surface area contributed by atoms with Crippen molar-refractivity contribution in [1.82, 2.24) is 20.0 Å². The summed E-state index contributed by atoms with van der Waals surface area (Å²) in [4.78, 5) is 45.3. The molecule has 1 N–H and O–H groups in total. The molecule has 2 aromatic rings. The zero-order valence-corrected chi connectivity index (χ0v) is 20.7. The average molecular weight is 479 g/mol. The summed E-state index contributed by atoms with van der Waals surface area (Å²) < 4.78 is 6.25. The molecule has 3 amide bonds. The highest BCUT2D eigenvalue weighted by Gasteiger charge is 2.54. The van der Waals surface area contributed by atoms with E-state index < -0.39 is 11.8 Å². The molecule has 0 radical (unpaired) electrons. The second-order valence-electron chi connectivity index (χ2n) is 9.57. The Balaban J connectivity index is 1.53. The number of likely N-dealkylation sites (N-methyl/N-ethyl adjacent to an activating group) is 1. The SMILES string of the molecule is Cc1cccc(C(=O)N2CCC3(CC2)OC[C@@H](C(=O)NCCN(C)C)N3C(=O)c2ccccc2)c1. The highest BCUT2D eigenvalue weighted by atomic mass is 16.5. The number of benzene rings is 2. The molecule has 1 spiro atoms. The molecule has 1 atom stereocenters. The quantitative estimate of drug-likeness (QED) is 0.688. The summed E-state index contributed by atoms with van der Waals surface area (Å²) in [5, 5.41) is 2.95. The molecule has 8 heteroatoms. The highest BCUT2D eigenvalue weighted by Crippen LogP contribution is 2.38. The van der Waals surface area contributed by atoms with Crippen LogP contribution in [0.25, 0.3) is 0 Å². The van der Waals surface area contributed by atoms with Crippen LogP contribution in [-0.4, -0.2) is 91.1 Å². The predicted molar refractivity (Wildman–Crippen MR) is 133 cm³/mol. The van der Waals surface area contributed by atoms with Crippen LogP contribution in [0.3, 0.4) is 0 Å². The van der Waals surface area contributed by atoms with Crippen LogP contribution in [-0.2, 0) is 9.53 Å². The van der Waals surface area contributed by atoms with Gasteiger partial charge in [0.25, 0.3) is 11.8 Å². The molecule has 0 unspecified atom stereocenters. The summed E-state index contributed by atoms with van der Waals surface area (Å²) in [6.07, 6.45) is 0.898. The molecule has 2 aliphatic heterocycles. The van der Waals surface area contributed by atoms with Gasteiger partial charge in [-0.2, -0.15) is 0 Å². The van der Waals surface area contributed by atoms with Crippen LogP contribution < -0.4 is 5.32 Å². The average Bonchev–Trinajstić information content (AvgIpc) is 3.22. The predicted octanol–water partition coefficient (Wildman–Crippen LogP) is 2.15. The first-order valence-corrected chi connectivity index (χ1v) is 12.1. The molecule has 8 nitrogen and oxygen atoms in total. The van der Waals surface area contributed by atoms with Crippen molar-refractivity contribution in [3.8, 4) is 0 Å². The van der Waals surface area contributed by atoms with E-state index in [9.17, 15) is 14.4 Å². The van der Waals surface area contributed by atoms with Gasteiger partial charge in [-0.05, 0) is 45.3 Å². The van der Waals surface area contributed by atoms with E-state index in [0.29, 0.717) is 50.1 Å². The van der Waals surface area contributed by atoms with E-state index in [-0.39, 0.29) is 24.3 Å². The lowest BCUT2D eigenvalue weighted by atomic mass is 9.96. The van der Waals surface area contributed by atoms with Crippen LogP contribution in [0.15, 0.2) is 54.6 Å². The maximum absolute atomic E-state index is 13.7. The molecule has 2 aromatic carbocycles. The third kappa shape index (κ3) is 5.39. The summed E-state index contributed by atoms with van der Waals surface area (Å²) in [6.45, 7) is 4.18. The zero-order valence-electron chi connectivity index (χ0n) is 20.7. The largest absolute Gasteiger partial charge is 0.353 e. The molecule has 0 saturated carbocycles. The number of hydrogen-bond acceptors (Lipinski definition) is 5. The van der Waals surface area contributed by atoms with Crippen molar-refractivity contribution in [1.29, 1.82) is 0 Å². The van der Waals surface area contributed by atoms with Crippen LogP contribution in [0, 0.1) is 6.92 Å². The van der Waals surface area contributed by atoms with Gasteiger partial charge in [0.2, 0.25) is 5.91 Å². The van der Waals surface area contributed by atoms with Crippen LogP contribution in [0.2, 0.25) is 0 Å². The lowest BCUT2D eigenvalue weighted by molar-refractivity contribution is -0.128. The topological polar surface area (TPSA) is 82.2 Å². The Kier molecular flexibility index (Phi) is 7.52. The summed E-state index contributed by atoms with van der Waals surface area (Å²) in [5.74, 6) is -0.471. The first kappa shape index (κ1) is 24.9. The molecule has 35 heavy (non-hydrogen) atoms. The minimum Gasteiger partial charge on any atom is -0.353 e. The van der Waals surface area contributed by atoms with Crippen LogP contribution >= 0.6 is 0 Å². The summed E-state index contributed by atoms with van der Waals surface area (Å²) in [6, 6.07) is 15.8. The Bertz CT molecular complexity index is 1060. The Hall–Kier alpha value is -3.23. The maximum Gasteiger partial charge on any atom is 0.256 e. The van der Waals surface area contributed by atoms with E-state index in [4.69, 9.17) is 4.74 Å². The number of nitrogens with one attached hydrogen (secondary N) is 1. The highest BCUT2D eigenvalue weighted by molar-refractivity contribution is 5.98. The van der Waals surface area contributed by atoms with Crippen molar-refractivity contribution in [2.24, 2.45) is 0 Å². The number of nitrogens with zero attached hydrogens (tertiary/aromatic N) is 3. The molecule has 2 heterocycles. The zero-order chi connectivity index (χ0) is 25.0. The molecule has 186 valence electrons. The van der Waals surface area contributed by atoms with Crippen LogP contribution in [0.1, 0.15) is 39.1 Å². The van der Waals surface area contributed by atoms with Crippen molar-refractivity contribution in [2.75, 3.05) is 46.9 Å². The van der Waals surface area contributed by atoms with Gasteiger partial charge in [0.1, 0.15) is 11.8 Å². The minimum atomic E-state index is -0.917. The van der Waals surface area contributed by atoms with Gasteiger partial charge in [0.15, 0.2) is 0 Å². The van der Waals surface area contributed by atoms with Gasteiger partial charge in [0.05, 0.1) is 6.61 Å². The first-order valence-electron chi connectivity index (χ1n) is 12.1. The number of carbonyl (C=O) groups is 3. The maximum atomic E-state index is 13.7. The van der Waals surface area contributed by atoms with Gasteiger partial charge in [0, 0.05) is 50.1 Å². The second-order valence-corrected chi connectivity index (χ2v) is 9.57. The standard InChI is InChI=1S/C27H34N4O4/c1-20-8-7-11-22(18-20)25(33)30-15-12-27(13-16-30)31(26(34)21-9-5-4-6-10-21)23(19-35-27)24(32)28-14-17-29(2)3/h4-11,18,23H,12-17,19H2,1-3H3,(H,28,32)/t23-/m0/s1. The molecule has 2 aliphatic rings. The number of aryl methyl sites for hydroxylation is 1. The van der Waals surface area contributed by atoms with Gasteiger partial charge in [-0.25, -0.2) is 0 Å². The van der Waals surface area contributed by atoms with E-state index >= 15 is 0 Å². The molecule has 2 fully saturated rings. The van der Waals surface area contributed by atoms with Gasteiger partial charge in [-0.3, -0.25) is 19.3 Å². The molecule has 4 rings (SSSR count). The molecule has 2 saturated heterocycles. The van der Waals surface area contributed by atoms with E-state index in [1.54, 1.807) is 21.9 Å². The molecule has 0 bridgehead atoms. The lowest BCUT2D eigenvalue weighted by Gasteiger charge is -2.44. The number of rotatable bonds is 6. The van der Waals surface area contributed by atoms with Crippen LogP contribution in [0.5, 0.6) is 0 Å². The third-order valence-electron chi connectivity index (χ3n) is 6.76. The molecular formula is C27H34N4O4. The number of piperidine rings is 1. The van der Waals surface area contributed by atoms with Gasteiger partial charge in [-0.1, -0.05) is 35.9 Å². The molecular weight excluding hydrogens is 444 g/mol. The Morgan fingerprint density at radius 3 is 2.34 bits per heavy atom. The lowest BCUT2D eigenvalue weighted by Crippen LogP contribution is -2.60. The normalized spacial score (nSPS) is 19.3.